The Hall–Kier alpha value is -1.91. The van der Waals surface area contributed by atoms with Crippen LogP contribution in [0.3, 0.4) is 0 Å². The van der Waals surface area contributed by atoms with Gasteiger partial charge in [-0.15, -0.1) is 0 Å². The average Bonchev–Trinajstić information content (AvgIpc) is 2.68. The minimum atomic E-state index is -1.03. The minimum Gasteiger partial charge on any atom is -0.460 e. The van der Waals surface area contributed by atoms with Crippen molar-refractivity contribution in [2.75, 3.05) is 13.2 Å². The molecule has 0 aromatic heterocycles. The Morgan fingerprint density at radius 3 is 2.04 bits per heavy atom. The van der Waals surface area contributed by atoms with Crippen molar-refractivity contribution in [2.24, 2.45) is 0 Å². The molecule has 0 rings (SSSR count). The lowest BCUT2D eigenvalue weighted by Gasteiger charge is -2.05. The number of rotatable bonds is 16. The fraction of sp³-hybridized carbons (Fsp3) is 0.522. The third kappa shape index (κ3) is 20.3. The lowest BCUT2D eigenvalue weighted by atomic mass is 10.1. The quantitative estimate of drug-likeness (QED) is 0.176. The van der Waals surface area contributed by atoms with E-state index in [0.29, 0.717) is 0 Å². The molecule has 4 nitrogen and oxygen atoms in total. The van der Waals surface area contributed by atoms with Crippen LogP contribution in [0, 0.1) is 0 Å². The first-order chi connectivity index (χ1) is 13.2. The molecule has 0 fully saturated rings. The van der Waals surface area contributed by atoms with Gasteiger partial charge in [0.1, 0.15) is 12.7 Å². The number of ether oxygens (including phenoxy) is 1. The number of aliphatic hydroxyl groups is 2. The van der Waals surface area contributed by atoms with Crippen molar-refractivity contribution >= 4 is 5.97 Å². The van der Waals surface area contributed by atoms with Gasteiger partial charge >= 0.3 is 5.97 Å². The summed E-state index contributed by atoms with van der Waals surface area (Å²) in [4.78, 5) is 11.3. The van der Waals surface area contributed by atoms with Gasteiger partial charge in [-0.05, 0) is 12.8 Å². The normalized spacial score (nSPS) is 13.7. The molecule has 4 heteroatoms. The molecule has 0 aromatic carbocycles. The van der Waals surface area contributed by atoms with Gasteiger partial charge in [-0.1, -0.05) is 100 Å². The van der Waals surface area contributed by atoms with Crippen LogP contribution < -0.4 is 0 Å². The average molecular weight is 377 g/mol. The third-order valence-corrected chi connectivity index (χ3v) is 3.75. The third-order valence-electron chi connectivity index (χ3n) is 3.75. The van der Waals surface area contributed by atoms with Crippen LogP contribution in [-0.4, -0.2) is 35.5 Å². The van der Waals surface area contributed by atoms with Crippen molar-refractivity contribution in [3.05, 3.63) is 60.8 Å². The molecule has 1 atom stereocenters. The molecule has 0 saturated carbocycles. The first kappa shape index (κ1) is 25.1. The number of esters is 1. The van der Waals surface area contributed by atoms with E-state index in [9.17, 15) is 4.79 Å². The molecule has 0 aromatic rings. The number of hydrogen-bond acceptors (Lipinski definition) is 4. The van der Waals surface area contributed by atoms with Gasteiger partial charge in [0.05, 0.1) is 6.61 Å². The SMILES string of the molecule is CCCCCCCCCC=CC=CC=CC=CC=CC(=O)OCC(O)CO. The largest absolute Gasteiger partial charge is 0.460 e. The maximum absolute atomic E-state index is 11.3. The van der Waals surface area contributed by atoms with Gasteiger partial charge in [-0.2, -0.15) is 0 Å². The Balaban J connectivity index is 3.67. The summed E-state index contributed by atoms with van der Waals surface area (Å²) in [5, 5.41) is 17.6. The van der Waals surface area contributed by atoms with E-state index in [2.05, 4.69) is 19.1 Å². The van der Waals surface area contributed by atoms with Crippen LogP contribution in [0.5, 0.6) is 0 Å². The summed E-state index contributed by atoms with van der Waals surface area (Å²) in [5.41, 5.74) is 0. The topological polar surface area (TPSA) is 66.8 Å². The van der Waals surface area contributed by atoms with Crippen molar-refractivity contribution in [2.45, 2.75) is 64.4 Å². The Kier molecular flexibility index (Phi) is 19.0. The molecule has 27 heavy (non-hydrogen) atoms. The monoisotopic (exact) mass is 376 g/mol. The molecule has 0 bridgehead atoms. The molecule has 0 aliphatic heterocycles. The van der Waals surface area contributed by atoms with Crippen LogP contribution in [0.15, 0.2) is 60.8 Å². The van der Waals surface area contributed by atoms with Gasteiger partial charge in [0.25, 0.3) is 0 Å². The van der Waals surface area contributed by atoms with Crippen molar-refractivity contribution in [3.63, 3.8) is 0 Å². The van der Waals surface area contributed by atoms with Gasteiger partial charge < -0.3 is 14.9 Å². The van der Waals surface area contributed by atoms with Crippen LogP contribution >= 0.6 is 0 Å². The summed E-state index contributed by atoms with van der Waals surface area (Å²) in [6.07, 6.45) is 27.8. The molecule has 0 saturated heterocycles. The highest BCUT2D eigenvalue weighted by molar-refractivity contribution is 5.82. The lowest BCUT2D eigenvalue weighted by Crippen LogP contribution is -2.21. The molecule has 0 aliphatic rings. The standard InChI is InChI=1S/C23H36O4/c1-2-3-4-5-6-7-8-9-10-11-12-13-14-15-16-17-18-19-23(26)27-21-22(25)20-24/h10-19,22,24-25H,2-9,20-21H2,1H3. The minimum absolute atomic E-state index is 0.208. The number of hydrogen-bond donors (Lipinski definition) is 2. The molecule has 1 unspecified atom stereocenters. The van der Waals surface area contributed by atoms with Crippen LogP contribution in [0.4, 0.5) is 0 Å². The van der Waals surface area contributed by atoms with Crippen LogP contribution in [0.25, 0.3) is 0 Å². The summed E-state index contributed by atoms with van der Waals surface area (Å²) in [6, 6.07) is 0. The van der Waals surface area contributed by atoms with E-state index in [1.165, 1.54) is 51.0 Å². The number of carbonyl (C=O) groups is 1. The molecule has 0 heterocycles. The summed E-state index contributed by atoms with van der Waals surface area (Å²) in [7, 11) is 0. The van der Waals surface area contributed by atoms with Gasteiger partial charge in [0.15, 0.2) is 0 Å². The first-order valence-electron chi connectivity index (χ1n) is 9.99. The fourth-order valence-corrected chi connectivity index (χ4v) is 2.19. The van der Waals surface area contributed by atoms with Crippen LogP contribution in [0.2, 0.25) is 0 Å². The lowest BCUT2D eigenvalue weighted by molar-refractivity contribution is -0.141. The van der Waals surface area contributed by atoms with Crippen molar-refractivity contribution < 1.29 is 19.7 Å². The summed E-state index contributed by atoms with van der Waals surface area (Å²) in [5.74, 6) is -0.554. The van der Waals surface area contributed by atoms with Crippen molar-refractivity contribution in [1.29, 1.82) is 0 Å². The second kappa shape index (κ2) is 20.4. The molecule has 0 aliphatic carbocycles. The molecule has 152 valence electrons. The highest BCUT2D eigenvalue weighted by Gasteiger charge is 2.03. The Morgan fingerprint density at radius 1 is 0.852 bits per heavy atom. The molecule has 2 N–H and O–H groups in total. The van der Waals surface area contributed by atoms with E-state index < -0.39 is 18.7 Å². The predicted octanol–water partition coefficient (Wildman–Crippen LogP) is 4.80. The Morgan fingerprint density at radius 2 is 1.41 bits per heavy atom. The number of unbranched alkanes of at least 4 members (excludes halogenated alkanes) is 7. The van der Waals surface area contributed by atoms with E-state index in [4.69, 9.17) is 14.9 Å². The number of carbonyl (C=O) groups excluding carboxylic acids is 1. The number of aliphatic hydroxyl groups excluding tert-OH is 2. The van der Waals surface area contributed by atoms with E-state index in [1.807, 2.05) is 24.3 Å². The zero-order valence-electron chi connectivity index (χ0n) is 16.6. The highest BCUT2D eigenvalue weighted by Crippen LogP contribution is 2.08. The summed E-state index contributed by atoms with van der Waals surface area (Å²) < 4.78 is 4.72. The van der Waals surface area contributed by atoms with E-state index in [0.717, 1.165) is 6.42 Å². The summed E-state index contributed by atoms with van der Waals surface area (Å²) >= 11 is 0. The predicted molar refractivity (Wildman–Crippen MR) is 112 cm³/mol. The maximum Gasteiger partial charge on any atom is 0.330 e. The second-order valence-electron chi connectivity index (χ2n) is 6.32. The van der Waals surface area contributed by atoms with Gasteiger partial charge in [0.2, 0.25) is 0 Å². The van der Waals surface area contributed by atoms with E-state index >= 15 is 0 Å². The molecular weight excluding hydrogens is 340 g/mol. The zero-order valence-corrected chi connectivity index (χ0v) is 16.6. The van der Waals surface area contributed by atoms with Gasteiger partial charge in [-0.3, -0.25) is 0 Å². The van der Waals surface area contributed by atoms with Crippen molar-refractivity contribution in [3.8, 4) is 0 Å². The van der Waals surface area contributed by atoms with Gasteiger partial charge in [-0.25, -0.2) is 4.79 Å². The zero-order chi connectivity index (χ0) is 20.0. The van der Waals surface area contributed by atoms with E-state index in [1.54, 1.807) is 18.2 Å². The van der Waals surface area contributed by atoms with Crippen LogP contribution in [-0.2, 0) is 9.53 Å². The Labute approximate surface area is 164 Å². The van der Waals surface area contributed by atoms with Gasteiger partial charge in [0, 0.05) is 6.08 Å². The molecule has 0 spiro atoms. The maximum atomic E-state index is 11.3. The second-order valence-corrected chi connectivity index (χ2v) is 6.32. The van der Waals surface area contributed by atoms with E-state index in [-0.39, 0.29) is 6.61 Å². The molecule has 0 amide bonds. The van der Waals surface area contributed by atoms with Crippen molar-refractivity contribution in [1.82, 2.24) is 0 Å². The molecule has 0 radical (unpaired) electrons. The number of allylic oxidation sites excluding steroid dienone is 9. The smallest absolute Gasteiger partial charge is 0.330 e. The van der Waals surface area contributed by atoms with Crippen LogP contribution in [0.1, 0.15) is 58.3 Å². The Bertz CT molecular complexity index is 487. The summed E-state index contributed by atoms with van der Waals surface area (Å²) in [6.45, 7) is 1.61. The fourth-order valence-electron chi connectivity index (χ4n) is 2.19. The highest BCUT2D eigenvalue weighted by atomic mass is 16.5. The molecular formula is C23H36O4. The first-order valence-corrected chi connectivity index (χ1v) is 9.99.